The van der Waals surface area contributed by atoms with E-state index in [4.69, 9.17) is 4.74 Å². The Bertz CT molecular complexity index is 1200. The molecular formula is C32H34F2O5S2. The highest BCUT2D eigenvalue weighted by molar-refractivity contribution is 7.97. The second kappa shape index (κ2) is 13.3. The molecule has 4 fully saturated rings. The first kappa shape index (κ1) is 30.0. The van der Waals surface area contributed by atoms with Crippen LogP contribution in [0.25, 0.3) is 0 Å². The average molecular weight is 601 g/mol. The van der Waals surface area contributed by atoms with Crippen molar-refractivity contribution in [3.63, 3.8) is 0 Å². The number of aryl methyl sites for hydroxylation is 1. The quantitative estimate of drug-likeness (QED) is 0.0844. The summed E-state index contributed by atoms with van der Waals surface area (Å²) in [6.45, 7) is 1.02. The van der Waals surface area contributed by atoms with Crippen molar-refractivity contribution in [1.29, 1.82) is 0 Å². The van der Waals surface area contributed by atoms with E-state index in [0.29, 0.717) is 17.8 Å². The highest BCUT2D eigenvalue weighted by Gasteiger charge is 2.56. The molecule has 4 aliphatic rings. The minimum Gasteiger partial charge on any atom is -0.691 e. The number of ether oxygens (including phenoxy) is 1. The molecule has 0 amide bonds. The molecule has 4 aliphatic carbocycles. The maximum Gasteiger partial charge on any atom is 0.354 e. The molecule has 0 heterocycles. The molecule has 0 unspecified atom stereocenters. The van der Waals surface area contributed by atoms with Gasteiger partial charge in [0.05, 0.1) is 16.3 Å². The number of alkyl halides is 2. The summed E-state index contributed by atoms with van der Waals surface area (Å²) in [5.74, 6) is 1.09. The molecule has 7 rings (SSSR count). The fourth-order valence-corrected chi connectivity index (χ4v) is 9.26. The van der Waals surface area contributed by atoms with Crippen molar-refractivity contribution in [3.05, 3.63) is 90.5 Å². The number of esters is 1. The molecule has 0 aliphatic heterocycles. The number of hydrogen-bond donors (Lipinski definition) is 0. The number of carbonyl (C=O) groups is 1. The van der Waals surface area contributed by atoms with Crippen molar-refractivity contribution in [2.75, 3.05) is 6.61 Å². The van der Waals surface area contributed by atoms with Gasteiger partial charge >= 0.3 is 11.2 Å². The molecule has 0 N–H and O–H groups in total. The van der Waals surface area contributed by atoms with Gasteiger partial charge in [0.15, 0.2) is 21.3 Å². The second-order valence-electron chi connectivity index (χ2n) is 11.4. The van der Waals surface area contributed by atoms with E-state index in [2.05, 4.69) is 101 Å². The third-order valence-electron chi connectivity index (χ3n) is 8.24. The van der Waals surface area contributed by atoms with Gasteiger partial charge in [-0.3, -0.25) is 9.83 Å². The lowest BCUT2D eigenvalue weighted by atomic mass is 9.49. The van der Waals surface area contributed by atoms with Crippen LogP contribution in [-0.2, 0) is 29.8 Å². The zero-order chi connectivity index (χ0) is 28.9. The monoisotopic (exact) mass is 600 g/mol. The maximum atomic E-state index is 13.3. The Labute approximate surface area is 247 Å². The summed E-state index contributed by atoms with van der Waals surface area (Å²) in [4.78, 5) is 16.4. The molecule has 4 saturated carbocycles. The van der Waals surface area contributed by atoms with Crippen LogP contribution in [0.4, 0.5) is 8.78 Å². The highest BCUT2D eigenvalue weighted by atomic mass is 32.2. The van der Waals surface area contributed by atoms with Crippen LogP contribution in [0.15, 0.2) is 99.6 Å². The van der Waals surface area contributed by atoms with E-state index >= 15 is 0 Å². The molecule has 0 radical (unpaired) electrons. The van der Waals surface area contributed by atoms with Crippen LogP contribution in [-0.4, -0.2) is 17.8 Å². The molecule has 4 bridgehead atoms. The van der Waals surface area contributed by atoms with Crippen molar-refractivity contribution in [2.45, 2.75) is 65.4 Å². The van der Waals surface area contributed by atoms with E-state index in [1.54, 1.807) is 0 Å². The summed E-state index contributed by atoms with van der Waals surface area (Å²) in [6, 6.07) is 30.4. The van der Waals surface area contributed by atoms with Gasteiger partial charge in [0, 0.05) is 0 Å². The Morgan fingerprint density at radius 1 is 0.854 bits per heavy atom. The van der Waals surface area contributed by atoms with E-state index in [-0.39, 0.29) is 10.9 Å². The molecule has 9 heteroatoms. The fourth-order valence-electron chi connectivity index (χ4n) is 6.95. The molecule has 0 atom stereocenters. The summed E-state index contributed by atoms with van der Waals surface area (Å²) in [5.41, 5.74) is 0.740. The number of carbonyl (C=O) groups excluding carboxylic acids is 1. The molecule has 0 saturated heterocycles. The van der Waals surface area contributed by atoms with Crippen LogP contribution < -0.4 is 5.26 Å². The first-order valence-corrected chi connectivity index (χ1v) is 15.8. The number of hydrogen-bond acceptors (Lipinski definition) is 6. The largest absolute Gasteiger partial charge is 0.691 e. The lowest BCUT2D eigenvalue weighted by Gasteiger charge is -2.55. The van der Waals surface area contributed by atoms with Gasteiger partial charge in [0.1, 0.15) is 12.0 Å². The minimum absolute atomic E-state index is 0.0229. The summed E-state index contributed by atoms with van der Waals surface area (Å²) in [7, 11) is -0.0229. The third kappa shape index (κ3) is 7.51. The van der Waals surface area contributed by atoms with Gasteiger partial charge in [-0.05, 0) is 99.6 Å². The van der Waals surface area contributed by atoms with Gasteiger partial charge in [0.2, 0.25) is 0 Å². The van der Waals surface area contributed by atoms with Gasteiger partial charge in [-0.25, -0.2) is 0 Å². The standard InChI is InChI=1S/C19H17S.C13H18F2O5S/c1-16-12-14-19(15-13-16)20(17-8-4-2-5-9-17)18-10-6-3-7-11-18;14-13(15,21-20-19-17)7-18-11(16)12-4-8-1-9(5-12)3-10(2-8)6-12/h2-15H,1H3;8-10,17H,1-7H2/q+1;/p-1. The predicted octanol–water partition coefficient (Wildman–Crippen LogP) is 7.30. The molecule has 5 nitrogen and oxygen atoms in total. The van der Waals surface area contributed by atoms with Crippen LogP contribution in [0.2, 0.25) is 0 Å². The number of halogens is 2. The first-order chi connectivity index (χ1) is 19.8. The molecule has 218 valence electrons. The van der Waals surface area contributed by atoms with Crippen molar-refractivity contribution in [2.24, 2.45) is 23.2 Å². The normalized spacial score (nSPS) is 24.6. The highest BCUT2D eigenvalue weighted by Crippen LogP contribution is 2.60. The van der Waals surface area contributed by atoms with Crippen molar-refractivity contribution in [3.8, 4) is 0 Å². The zero-order valence-electron chi connectivity index (χ0n) is 22.9. The number of rotatable bonds is 9. The molecule has 0 spiro atoms. The predicted molar refractivity (Wildman–Crippen MR) is 152 cm³/mol. The van der Waals surface area contributed by atoms with E-state index in [1.165, 1.54) is 20.2 Å². The van der Waals surface area contributed by atoms with Gasteiger partial charge in [-0.1, -0.05) is 54.1 Å². The van der Waals surface area contributed by atoms with Crippen LogP contribution >= 0.6 is 12.0 Å². The van der Waals surface area contributed by atoms with E-state index < -0.39 is 35.3 Å². The Morgan fingerprint density at radius 2 is 1.32 bits per heavy atom. The van der Waals surface area contributed by atoms with E-state index in [1.807, 2.05) is 0 Å². The van der Waals surface area contributed by atoms with Gasteiger partial charge in [-0.15, -0.1) is 0 Å². The van der Waals surface area contributed by atoms with Crippen molar-refractivity contribution in [1.82, 2.24) is 0 Å². The topological polar surface area (TPSA) is 67.8 Å². The first-order valence-electron chi connectivity index (χ1n) is 13.9. The minimum atomic E-state index is -3.50. The summed E-state index contributed by atoms with van der Waals surface area (Å²) >= 11 is -0.448. The lowest BCUT2D eigenvalue weighted by Crippen LogP contribution is -2.51. The molecular weight excluding hydrogens is 566 g/mol. The van der Waals surface area contributed by atoms with Crippen LogP contribution in [0.1, 0.15) is 44.1 Å². The molecule has 3 aromatic carbocycles. The Hall–Kier alpha value is -2.43. The van der Waals surface area contributed by atoms with Crippen LogP contribution in [0.5, 0.6) is 0 Å². The maximum absolute atomic E-state index is 13.3. The van der Waals surface area contributed by atoms with Crippen LogP contribution in [0, 0.1) is 30.1 Å². The van der Waals surface area contributed by atoms with E-state index in [0.717, 1.165) is 38.5 Å². The number of benzene rings is 3. The lowest BCUT2D eigenvalue weighted by molar-refractivity contribution is -0.777. The van der Waals surface area contributed by atoms with Gasteiger partial charge in [0.25, 0.3) is 0 Å². The molecule has 0 aromatic heterocycles. The Balaban J connectivity index is 0.000000165. The third-order valence-corrected chi connectivity index (χ3v) is 11.0. The Kier molecular flexibility index (Phi) is 9.71. The molecule has 3 aromatic rings. The van der Waals surface area contributed by atoms with E-state index in [9.17, 15) is 18.8 Å². The summed E-state index contributed by atoms with van der Waals surface area (Å²) < 4.78 is 35.0. The zero-order valence-corrected chi connectivity index (χ0v) is 24.5. The average Bonchev–Trinajstić information content (AvgIpc) is 2.97. The van der Waals surface area contributed by atoms with Gasteiger partial charge < -0.3 is 9.99 Å². The van der Waals surface area contributed by atoms with Gasteiger partial charge in [-0.2, -0.15) is 13.1 Å². The summed E-state index contributed by atoms with van der Waals surface area (Å²) in [6.07, 6.45) is 5.76. The smallest absolute Gasteiger partial charge is 0.354 e. The Morgan fingerprint density at radius 3 is 1.78 bits per heavy atom. The summed E-state index contributed by atoms with van der Waals surface area (Å²) in [5, 5.41) is 8.94. The second-order valence-corrected chi connectivity index (χ2v) is 14.3. The molecule has 41 heavy (non-hydrogen) atoms. The van der Waals surface area contributed by atoms with Crippen molar-refractivity contribution >= 4 is 28.9 Å². The fraction of sp³-hybridized carbons (Fsp3) is 0.406. The van der Waals surface area contributed by atoms with Crippen LogP contribution in [0.3, 0.4) is 0 Å². The van der Waals surface area contributed by atoms with Crippen molar-refractivity contribution < 1.29 is 32.9 Å². The SMILES string of the molecule is Cc1ccc([S+](c2ccccc2)c2ccccc2)cc1.O=C(OCC(F)(F)SOO[O-])C12CC3CC(CC(C3)C1)C2.